The van der Waals surface area contributed by atoms with Crippen LogP contribution in [0.25, 0.3) is 0 Å². The largest absolute Gasteiger partial charge is 0.360 e. The van der Waals surface area contributed by atoms with Crippen LogP contribution in [0.15, 0.2) is 10.7 Å². The number of carbonyl (C=O) groups is 1. The van der Waals surface area contributed by atoms with Gasteiger partial charge in [0.1, 0.15) is 5.82 Å². The maximum absolute atomic E-state index is 11.5. The van der Waals surface area contributed by atoms with Gasteiger partial charge >= 0.3 is 0 Å². The second-order valence-corrected chi connectivity index (χ2v) is 4.69. The van der Waals surface area contributed by atoms with Crippen molar-refractivity contribution in [2.24, 2.45) is 0 Å². The summed E-state index contributed by atoms with van der Waals surface area (Å²) in [6.07, 6.45) is 3.82. The first-order valence-electron chi connectivity index (χ1n) is 5.42. The molecule has 1 aromatic heterocycles. The molecule has 1 amide bonds. The van der Waals surface area contributed by atoms with E-state index in [2.05, 4.69) is 41.8 Å². The number of nitrogens with one attached hydrogen (secondary N) is 3. The molecule has 0 aliphatic heterocycles. The molecule has 3 N–H and O–H groups in total. The van der Waals surface area contributed by atoms with E-state index >= 15 is 0 Å². The van der Waals surface area contributed by atoms with Gasteiger partial charge in [-0.1, -0.05) is 0 Å². The Balaban J connectivity index is 1.90. The van der Waals surface area contributed by atoms with E-state index in [0.29, 0.717) is 17.8 Å². The average molecular weight is 300 g/mol. The van der Waals surface area contributed by atoms with Gasteiger partial charge in [-0.2, -0.15) is 4.98 Å². The molecule has 7 heteroatoms. The number of rotatable bonds is 5. The van der Waals surface area contributed by atoms with Crippen LogP contribution in [-0.4, -0.2) is 35.5 Å². The highest BCUT2D eigenvalue weighted by atomic mass is 79.9. The van der Waals surface area contributed by atoms with E-state index in [1.165, 1.54) is 0 Å². The summed E-state index contributed by atoms with van der Waals surface area (Å²) in [5.74, 6) is 1.11. The number of carbonyl (C=O) groups excluding carboxylic acids is 1. The molecule has 1 heterocycles. The van der Waals surface area contributed by atoms with E-state index in [0.717, 1.165) is 17.3 Å². The number of halogens is 1. The molecule has 17 heavy (non-hydrogen) atoms. The molecule has 1 saturated carbocycles. The van der Waals surface area contributed by atoms with Gasteiger partial charge in [0.15, 0.2) is 0 Å². The number of amides is 1. The summed E-state index contributed by atoms with van der Waals surface area (Å²) in [5.41, 5.74) is 0. The van der Waals surface area contributed by atoms with Crippen molar-refractivity contribution in [3.05, 3.63) is 10.7 Å². The molecule has 0 spiro atoms. The third-order valence-corrected chi connectivity index (χ3v) is 2.91. The average Bonchev–Trinajstić information content (AvgIpc) is 3.12. The van der Waals surface area contributed by atoms with Gasteiger partial charge in [0, 0.05) is 19.3 Å². The summed E-state index contributed by atoms with van der Waals surface area (Å²) >= 11 is 3.33. The molecule has 2 rings (SSSR count). The Kier molecular flexibility index (Phi) is 3.78. The smallest absolute Gasteiger partial charge is 0.239 e. The van der Waals surface area contributed by atoms with Crippen LogP contribution in [-0.2, 0) is 4.79 Å². The number of aromatic nitrogens is 2. The molecule has 1 fully saturated rings. The van der Waals surface area contributed by atoms with Crippen molar-refractivity contribution >= 4 is 33.6 Å². The summed E-state index contributed by atoms with van der Waals surface area (Å²) < 4.78 is 0.732. The molecule has 0 aromatic carbocycles. The Morgan fingerprint density at radius 3 is 3.00 bits per heavy atom. The fourth-order valence-corrected chi connectivity index (χ4v) is 1.61. The second-order valence-electron chi connectivity index (χ2n) is 3.84. The normalized spacial score (nSPS) is 14.2. The topological polar surface area (TPSA) is 78.9 Å². The monoisotopic (exact) mass is 299 g/mol. The van der Waals surface area contributed by atoms with Gasteiger partial charge in [0.2, 0.25) is 11.9 Å². The van der Waals surface area contributed by atoms with Crippen molar-refractivity contribution in [3.63, 3.8) is 0 Å². The van der Waals surface area contributed by atoms with Crippen LogP contribution in [0.3, 0.4) is 0 Å². The maximum Gasteiger partial charge on any atom is 0.239 e. The van der Waals surface area contributed by atoms with Crippen LogP contribution in [0, 0.1) is 0 Å². The number of hydrogen-bond acceptors (Lipinski definition) is 5. The molecule has 0 atom stereocenters. The summed E-state index contributed by atoms with van der Waals surface area (Å²) in [7, 11) is 1.74. The summed E-state index contributed by atoms with van der Waals surface area (Å²) in [6, 6.07) is 0.381. The predicted molar refractivity (Wildman–Crippen MR) is 68.9 cm³/mol. The molecule has 0 saturated heterocycles. The van der Waals surface area contributed by atoms with Crippen LogP contribution < -0.4 is 16.0 Å². The minimum absolute atomic E-state index is 0.0102. The highest BCUT2D eigenvalue weighted by molar-refractivity contribution is 9.10. The Morgan fingerprint density at radius 1 is 1.59 bits per heavy atom. The Labute approximate surface area is 108 Å². The van der Waals surface area contributed by atoms with Gasteiger partial charge in [0.25, 0.3) is 0 Å². The van der Waals surface area contributed by atoms with E-state index < -0.39 is 0 Å². The molecule has 1 aliphatic rings. The summed E-state index contributed by atoms with van der Waals surface area (Å²) in [4.78, 5) is 19.7. The minimum Gasteiger partial charge on any atom is -0.360 e. The van der Waals surface area contributed by atoms with E-state index in [9.17, 15) is 4.79 Å². The van der Waals surface area contributed by atoms with Crippen molar-refractivity contribution < 1.29 is 4.79 Å². The molecule has 0 radical (unpaired) electrons. The van der Waals surface area contributed by atoms with Gasteiger partial charge in [-0.15, -0.1) is 0 Å². The number of anilines is 2. The number of hydrogen-bond donors (Lipinski definition) is 3. The van der Waals surface area contributed by atoms with Crippen molar-refractivity contribution in [2.45, 2.75) is 18.9 Å². The van der Waals surface area contributed by atoms with Crippen molar-refractivity contribution in [1.82, 2.24) is 15.3 Å². The molecule has 92 valence electrons. The van der Waals surface area contributed by atoms with E-state index in [1.54, 1.807) is 13.2 Å². The Bertz CT molecular complexity index is 421. The van der Waals surface area contributed by atoms with E-state index in [4.69, 9.17) is 0 Å². The minimum atomic E-state index is -0.0102. The summed E-state index contributed by atoms with van der Waals surface area (Å²) in [6.45, 7) is 0.218. The fraction of sp³-hybridized carbons (Fsp3) is 0.500. The van der Waals surface area contributed by atoms with E-state index in [1.807, 2.05) is 0 Å². The molecular weight excluding hydrogens is 286 g/mol. The molecule has 1 aliphatic carbocycles. The van der Waals surface area contributed by atoms with Crippen LogP contribution in [0.2, 0.25) is 0 Å². The zero-order valence-electron chi connectivity index (χ0n) is 9.46. The zero-order chi connectivity index (χ0) is 12.3. The lowest BCUT2D eigenvalue weighted by Crippen LogP contribution is -2.31. The van der Waals surface area contributed by atoms with Crippen LogP contribution >= 0.6 is 15.9 Å². The summed E-state index contributed by atoms with van der Waals surface area (Å²) in [5, 5.41) is 8.71. The Morgan fingerprint density at radius 2 is 2.35 bits per heavy atom. The third-order valence-electron chi connectivity index (χ3n) is 2.33. The molecular formula is C10H14BrN5O. The molecule has 6 nitrogen and oxygen atoms in total. The van der Waals surface area contributed by atoms with Gasteiger partial charge in [0.05, 0.1) is 11.0 Å². The van der Waals surface area contributed by atoms with Crippen molar-refractivity contribution in [1.29, 1.82) is 0 Å². The lowest BCUT2D eigenvalue weighted by atomic mass is 10.5. The highest BCUT2D eigenvalue weighted by Crippen LogP contribution is 2.20. The van der Waals surface area contributed by atoms with Gasteiger partial charge in [-0.25, -0.2) is 4.98 Å². The van der Waals surface area contributed by atoms with Crippen LogP contribution in [0.1, 0.15) is 12.8 Å². The zero-order valence-corrected chi connectivity index (χ0v) is 11.0. The lowest BCUT2D eigenvalue weighted by molar-refractivity contribution is -0.119. The number of nitrogens with zero attached hydrogens (tertiary/aromatic N) is 2. The standard InChI is InChI=1S/C10H14BrN5O/c1-12-10-14-4-7(11)9(16-10)13-5-8(17)15-6-2-3-6/h4,6H,2-3,5H2,1H3,(H,15,17)(H2,12,13,14,16). The molecule has 1 aromatic rings. The van der Waals surface area contributed by atoms with Crippen molar-refractivity contribution in [2.75, 3.05) is 24.2 Å². The van der Waals surface area contributed by atoms with Crippen molar-refractivity contribution in [3.8, 4) is 0 Å². The Hall–Kier alpha value is -1.37. The first-order valence-corrected chi connectivity index (χ1v) is 6.22. The van der Waals surface area contributed by atoms with Crippen LogP contribution in [0.5, 0.6) is 0 Å². The first kappa shape index (κ1) is 12.1. The van der Waals surface area contributed by atoms with E-state index in [-0.39, 0.29) is 12.5 Å². The third kappa shape index (κ3) is 3.55. The molecule has 0 unspecified atom stereocenters. The maximum atomic E-state index is 11.5. The first-order chi connectivity index (χ1) is 8.19. The van der Waals surface area contributed by atoms with Gasteiger partial charge in [-0.05, 0) is 28.8 Å². The SMILES string of the molecule is CNc1ncc(Br)c(NCC(=O)NC2CC2)n1. The fourth-order valence-electron chi connectivity index (χ4n) is 1.28. The highest BCUT2D eigenvalue weighted by Gasteiger charge is 2.22. The predicted octanol–water partition coefficient (Wildman–Crippen LogP) is 0.971. The van der Waals surface area contributed by atoms with Gasteiger partial charge in [-0.3, -0.25) is 4.79 Å². The second kappa shape index (κ2) is 5.31. The quantitative estimate of drug-likeness (QED) is 0.755. The van der Waals surface area contributed by atoms with Crippen LogP contribution in [0.4, 0.5) is 11.8 Å². The van der Waals surface area contributed by atoms with Gasteiger partial charge < -0.3 is 16.0 Å². The molecule has 0 bridgehead atoms. The lowest BCUT2D eigenvalue weighted by Gasteiger charge is -2.08.